The molecule has 2 aromatic carbocycles. The van der Waals surface area contributed by atoms with Crippen LogP contribution >= 0.6 is 0 Å². The molecule has 0 radical (unpaired) electrons. The van der Waals surface area contributed by atoms with Gasteiger partial charge in [0.1, 0.15) is 0 Å². The number of hydrogen-bond donors (Lipinski definition) is 2. The number of nitro groups is 1. The van der Waals surface area contributed by atoms with Crippen LogP contribution in [0.1, 0.15) is 12.8 Å². The quantitative estimate of drug-likeness (QED) is 0.540. The second-order valence-corrected chi connectivity index (χ2v) is 8.28. The maximum atomic E-state index is 12.5. The van der Waals surface area contributed by atoms with E-state index in [1.165, 1.54) is 40.7 Å². The molecule has 0 aromatic heterocycles. The highest BCUT2D eigenvalue weighted by atomic mass is 32.2. The third kappa shape index (κ3) is 4.65. The number of benzene rings is 2. The van der Waals surface area contributed by atoms with Crippen LogP contribution in [-0.4, -0.2) is 43.2 Å². The molecule has 0 bridgehead atoms. The molecule has 148 valence electrons. The minimum Gasteiger partial charge on any atom is -0.376 e. The molecule has 1 amide bonds. The van der Waals surface area contributed by atoms with E-state index in [-0.39, 0.29) is 23.0 Å². The fourth-order valence-corrected chi connectivity index (χ4v) is 4.39. The van der Waals surface area contributed by atoms with E-state index in [4.69, 9.17) is 0 Å². The number of sulfonamides is 1. The Bertz CT molecular complexity index is 952. The highest BCUT2D eigenvalue weighted by molar-refractivity contribution is 7.89. The van der Waals surface area contributed by atoms with Gasteiger partial charge >= 0.3 is 0 Å². The Balaban J connectivity index is 1.54. The number of carbonyl (C=O) groups is 1. The van der Waals surface area contributed by atoms with Crippen LogP contribution in [0.15, 0.2) is 53.4 Å². The molecule has 1 saturated heterocycles. The number of anilines is 2. The van der Waals surface area contributed by atoms with Gasteiger partial charge in [-0.1, -0.05) is 0 Å². The second-order valence-electron chi connectivity index (χ2n) is 6.34. The fourth-order valence-electron chi connectivity index (χ4n) is 2.88. The summed E-state index contributed by atoms with van der Waals surface area (Å²) >= 11 is 0. The summed E-state index contributed by atoms with van der Waals surface area (Å²) in [4.78, 5) is 22.3. The molecule has 0 aliphatic carbocycles. The molecule has 0 spiro atoms. The van der Waals surface area contributed by atoms with Crippen molar-refractivity contribution in [2.75, 3.05) is 30.3 Å². The normalized spacial score (nSPS) is 14.6. The number of amides is 1. The predicted octanol–water partition coefficient (Wildman–Crippen LogP) is 2.43. The van der Waals surface area contributed by atoms with E-state index >= 15 is 0 Å². The smallest absolute Gasteiger partial charge is 0.269 e. The number of nitrogens with zero attached hydrogens (tertiary/aromatic N) is 2. The summed E-state index contributed by atoms with van der Waals surface area (Å²) in [5, 5.41) is 16.2. The lowest BCUT2D eigenvalue weighted by Crippen LogP contribution is -2.27. The summed E-state index contributed by atoms with van der Waals surface area (Å²) in [5.74, 6) is -0.331. The molecule has 2 aromatic rings. The van der Waals surface area contributed by atoms with Crippen molar-refractivity contribution in [2.24, 2.45) is 0 Å². The van der Waals surface area contributed by atoms with Crippen LogP contribution in [-0.2, 0) is 14.8 Å². The number of non-ortho nitro benzene ring substituents is 1. The molecule has 9 nitrogen and oxygen atoms in total. The zero-order chi connectivity index (χ0) is 20.1. The molecule has 3 rings (SSSR count). The van der Waals surface area contributed by atoms with Gasteiger partial charge in [-0.15, -0.1) is 0 Å². The van der Waals surface area contributed by atoms with Crippen molar-refractivity contribution in [1.29, 1.82) is 0 Å². The van der Waals surface area contributed by atoms with Gasteiger partial charge in [0.25, 0.3) is 5.69 Å². The second kappa shape index (κ2) is 8.36. The van der Waals surface area contributed by atoms with Crippen molar-refractivity contribution in [3.05, 3.63) is 58.6 Å². The number of carbonyl (C=O) groups excluding carboxylic acids is 1. The van der Waals surface area contributed by atoms with E-state index in [1.807, 2.05) is 0 Å². The lowest BCUT2D eigenvalue weighted by Gasteiger charge is -2.15. The van der Waals surface area contributed by atoms with E-state index in [0.717, 1.165) is 12.8 Å². The average molecular weight is 404 g/mol. The lowest BCUT2D eigenvalue weighted by molar-refractivity contribution is -0.384. The molecular weight excluding hydrogens is 384 g/mol. The van der Waals surface area contributed by atoms with Crippen LogP contribution in [0, 0.1) is 10.1 Å². The summed E-state index contributed by atoms with van der Waals surface area (Å²) in [5.41, 5.74) is 1.00. The van der Waals surface area contributed by atoms with E-state index in [0.29, 0.717) is 24.5 Å². The van der Waals surface area contributed by atoms with Crippen molar-refractivity contribution in [1.82, 2.24) is 4.31 Å². The molecule has 28 heavy (non-hydrogen) atoms. The van der Waals surface area contributed by atoms with Crippen molar-refractivity contribution in [3.63, 3.8) is 0 Å². The molecule has 0 saturated carbocycles. The predicted molar refractivity (Wildman–Crippen MR) is 105 cm³/mol. The minimum atomic E-state index is -3.46. The van der Waals surface area contributed by atoms with Gasteiger partial charge in [0.2, 0.25) is 15.9 Å². The standard InChI is InChI=1S/C18H20N4O5S/c23-18(20-15-3-7-16(8-4-15)22(24)25)13-19-14-5-9-17(10-6-14)28(26,27)21-11-1-2-12-21/h3-10,19H,1-2,11-13H2,(H,20,23). The largest absolute Gasteiger partial charge is 0.376 e. The van der Waals surface area contributed by atoms with E-state index in [9.17, 15) is 23.3 Å². The van der Waals surface area contributed by atoms with Gasteiger partial charge in [0, 0.05) is 36.6 Å². The minimum absolute atomic E-state index is 0.0325. The summed E-state index contributed by atoms with van der Waals surface area (Å²) in [7, 11) is -3.46. The van der Waals surface area contributed by atoms with Gasteiger partial charge in [-0.2, -0.15) is 4.31 Å². The van der Waals surface area contributed by atoms with Crippen LogP contribution in [0.3, 0.4) is 0 Å². The zero-order valence-electron chi connectivity index (χ0n) is 15.0. The third-order valence-electron chi connectivity index (χ3n) is 4.37. The Hall–Kier alpha value is -2.98. The molecule has 1 aliphatic rings. The molecular formula is C18H20N4O5S. The first kappa shape index (κ1) is 19.8. The SMILES string of the molecule is O=C(CNc1ccc(S(=O)(=O)N2CCCC2)cc1)Nc1ccc([N+](=O)[O-])cc1. The van der Waals surface area contributed by atoms with Crippen molar-refractivity contribution < 1.29 is 18.1 Å². The van der Waals surface area contributed by atoms with Crippen LogP contribution in [0.2, 0.25) is 0 Å². The van der Waals surface area contributed by atoms with Gasteiger partial charge in [-0.05, 0) is 49.2 Å². The van der Waals surface area contributed by atoms with Gasteiger partial charge < -0.3 is 10.6 Å². The summed E-state index contributed by atoms with van der Waals surface area (Å²) in [6.07, 6.45) is 1.76. The van der Waals surface area contributed by atoms with Gasteiger partial charge in [0.05, 0.1) is 16.4 Å². The van der Waals surface area contributed by atoms with Crippen LogP contribution in [0.5, 0.6) is 0 Å². The Morgan fingerprint density at radius 2 is 1.57 bits per heavy atom. The Morgan fingerprint density at radius 3 is 2.14 bits per heavy atom. The lowest BCUT2D eigenvalue weighted by atomic mass is 10.3. The van der Waals surface area contributed by atoms with Crippen molar-refractivity contribution in [3.8, 4) is 0 Å². The maximum Gasteiger partial charge on any atom is 0.269 e. The summed E-state index contributed by atoms with van der Waals surface area (Å²) in [6, 6.07) is 11.8. The molecule has 10 heteroatoms. The van der Waals surface area contributed by atoms with Gasteiger partial charge in [-0.3, -0.25) is 14.9 Å². The first-order chi connectivity index (χ1) is 13.4. The van der Waals surface area contributed by atoms with Crippen LogP contribution in [0.4, 0.5) is 17.1 Å². The molecule has 2 N–H and O–H groups in total. The average Bonchev–Trinajstić information content (AvgIpc) is 3.23. The van der Waals surface area contributed by atoms with Gasteiger partial charge in [-0.25, -0.2) is 8.42 Å². The first-order valence-electron chi connectivity index (χ1n) is 8.75. The van der Waals surface area contributed by atoms with Crippen molar-refractivity contribution in [2.45, 2.75) is 17.7 Å². The number of nitrogens with one attached hydrogen (secondary N) is 2. The Morgan fingerprint density at radius 1 is 1.00 bits per heavy atom. The number of hydrogen-bond acceptors (Lipinski definition) is 6. The highest BCUT2D eigenvalue weighted by Crippen LogP contribution is 2.22. The Labute approximate surface area is 162 Å². The first-order valence-corrected chi connectivity index (χ1v) is 10.2. The van der Waals surface area contributed by atoms with Crippen LogP contribution in [0.25, 0.3) is 0 Å². The summed E-state index contributed by atoms with van der Waals surface area (Å²) < 4.78 is 26.4. The van der Waals surface area contributed by atoms with E-state index in [1.54, 1.807) is 12.1 Å². The van der Waals surface area contributed by atoms with E-state index in [2.05, 4.69) is 10.6 Å². The van der Waals surface area contributed by atoms with Crippen molar-refractivity contribution >= 4 is 33.0 Å². The van der Waals surface area contributed by atoms with Crippen LogP contribution < -0.4 is 10.6 Å². The fraction of sp³-hybridized carbons (Fsp3) is 0.278. The number of nitro benzene ring substituents is 1. The molecule has 0 unspecified atom stereocenters. The third-order valence-corrected chi connectivity index (χ3v) is 6.28. The maximum absolute atomic E-state index is 12.5. The molecule has 1 fully saturated rings. The monoisotopic (exact) mass is 404 g/mol. The van der Waals surface area contributed by atoms with Gasteiger partial charge in [0.15, 0.2) is 0 Å². The topological polar surface area (TPSA) is 122 Å². The molecule has 1 heterocycles. The Kier molecular flexibility index (Phi) is 5.90. The molecule has 0 atom stereocenters. The summed E-state index contributed by atoms with van der Waals surface area (Å²) in [6.45, 7) is 1.06. The highest BCUT2D eigenvalue weighted by Gasteiger charge is 2.26. The van der Waals surface area contributed by atoms with E-state index < -0.39 is 14.9 Å². The zero-order valence-corrected chi connectivity index (χ0v) is 15.8. The number of rotatable bonds is 7. The molecule has 1 aliphatic heterocycles.